The van der Waals surface area contributed by atoms with Crippen molar-refractivity contribution in [2.75, 3.05) is 11.5 Å². The van der Waals surface area contributed by atoms with Gasteiger partial charge in [-0.2, -0.15) is 0 Å². The Hall–Kier alpha value is -4.01. The fourth-order valence-corrected chi connectivity index (χ4v) is 4.49. The number of fused-ring (bicyclic) bond motifs is 1. The molecule has 2 heterocycles. The summed E-state index contributed by atoms with van der Waals surface area (Å²) in [4.78, 5) is 35.5. The molecule has 0 spiro atoms. The number of nitrogens with one attached hydrogen (secondary N) is 1. The Morgan fingerprint density at radius 2 is 1.86 bits per heavy atom. The number of para-hydroxylation sites is 2. The first kappa shape index (κ1) is 23.7. The smallest absolute Gasteiger partial charge is 0.302 e. The van der Waals surface area contributed by atoms with Crippen molar-refractivity contribution in [3.8, 4) is 11.5 Å². The summed E-state index contributed by atoms with van der Waals surface area (Å²) in [6.07, 6.45) is 0. The van der Waals surface area contributed by atoms with Gasteiger partial charge in [0.05, 0.1) is 39.3 Å². The van der Waals surface area contributed by atoms with Crippen LogP contribution in [0.1, 0.15) is 24.1 Å². The van der Waals surface area contributed by atoms with Gasteiger partial charge < -0.3 is 19.9 Å². The van der Waals surface area contributed by atoms with Gasteiger partial charge in [0, 0.05) is 5.56 Å². The third kappa shape index (κ3) is 3.94. The lowest BCUT2D eigenvalue weighted by Crippen LogP contribution is -2.30. The van der Waals surface area contributed by atoms with Crippen LogP contribution in [0.5, 0.6) is 11.5 Å². The number of aromatic nitrogens is 2. The molecular weight excluding hydrogens is 505 g/mol. The van der Waals surface area contributed by atoms with E-state index in [9.17, 15) is 19.8 Å². The van der Waals surface area contributed by atoms with E-state index in [1.165, 1.54) is 35.2 Å². The molecule has 4 aromatic rings. The maximum atomic E-state index is 13.4. The highest BCUT2D eigenvalue weighted by Crippen LogP contribution is 2.44. The molecule has 0 saturated carbocycles. The molecule has 5 rings (SSSR count). The number of aromatic amines is 1. The Balaban J connectivity index is 1.75. The summed E-state index contributed by atoms with van der Waals surface area (Å²) >= 11 is 12.2. The molecule has 1 aliphatic rings. The third-order valence-electron chi connectivity index (χ3n) is 5.84. The number of halogens is 2. The summed E-state index contributed by atoms with van der Waals surface area (Å²) in [7, 11) is 0. The van der Waals surface area contributed by atoms with Crippen LogP contribution in [0.25, 0.3) is 16.8 Å². The fraction of sp³-hybridized carbons (Fsp3) is 0.115. The summed E-state index contributed by atoms with van der Waals surface area (Å²) < 4.78 is 5.52. The molecule has 0 radical (unpaired) electrons. The van der Waals surface area contributed by atoms with Gasteiger partial charge in [-0.05, 0) is 55.0 Å². The van der Waals surface area contributed by atoms with Crippen molar-refractivity contribution >= 4 is 57.6 Å². The topological polar surface area (TPSA) is 116 Å². The quantitative estimate of drug-likeness (QED) is 0.178. The molecule has 8 nitrogen and oxygen atoms in total. The molecule has 182 valence electrons. The maximum absolute atomic E-state index is 13.4. The minimum Gasteiger partial charge on any atom is -0.507 e. The summed E-state index contributed by atoms with van der Waals surface area (Å²) in [5.41, 5.74) is 1.71. The van der Waals surface area contributed by atoms with Crippen molar-refractivity contribution in [1.82, 2.24) is 9.97 Å². The lowest BCUT2D eigenvalue weighted by molar-refractivity contribution is -0.132. The molecule has 1 saturated heterocycles. The number of phenolic OH excluding ortho intramolecular Hbond substituents is 1. The largest absolute Gasteiger partial charge is 0.507 e. The van der Waals surface area contributed by atoms with Gasteiger partial charge in [0.25, 0.3) is 5.78 Å². The zero-order valence-electron chi connectivity index (χ0n) is 18.8. The van der Waals surface area contributed by atoms with Crippen molar-refractivity contribution in [1.29, 1.82) is 0 Å². The van der Waals surface area contributed by atoms with Gasteiger partial charge in [0.1, 0.15) is 5.76 Å². The molecule has 36 heavy (non-hydrogen) atoms. The van der Waals surface area contributed by atoms with E-state index in [2.05, 4.69) is 9.97 Å². The van der Waals surface area contributed by atoms with Crippen LogP contribution >= 0.6 is 23.2 Å². The molecule has 0 bridgehead atoms. The van der Waals surface area contributed by atoms with E-state index in [1.54, 1.807) is 31.2 Å². The van der Waals surface area contributed by atoms with Crippen molar-refractivity contribution in [3.05, 3.63) is 87.4 Å². The van der Waals surface area contributed by atoms with Crippen LogP contribution in [0, 0.1) is 0 Å². The standard InChI is InChI=1S/C26H19Cl2N3O5/c1-2-36-20-12-13(8-10-19(20)32)22-21(23(33)14-7-9-15(27)16(28)11-14)24(34)25(35)31(22)26-29-17-5-3-4-6-18(17)30-26/h3-12,22,32-33H,2H2,1H3,(H,29,30)/b23-21+. The van der Waals surface area contributed by atoms with Crippen LogP contribution in [0.3, 0.4) is 0 Å². The SMILES string of the molecule is CCOc1cc(C2/C(=C(\O)c3ccc(Cl)c(Cl)c3)C(=O)C(=O)N2c2nc3ccccc3[nH]2)ccc1O. The highest BCUT2D eigenvalue weighted by molar-refractivity contribution is 6.51. The van der Waals surface area contributed by atoms with Crippen molar-refractivity contribution in [3.63, 3.8) is 0 Å². The lowest BCUT2D eigenvalue weighted by atomic mass is 9.95. The van der Waals surface area contributed by atoms with Gasteiger partial charge in [-0.1, -0.05) is 41.4 Å². The second kappa shape index (κ2) is 9.22. The number of imidazole rings is 1. The van der Waals surface area contributed by atoms with E-state index < -0.39 is 23.5 Å². The molecule has 0 aliphatic carbocycles. The van der Waals surface area contributed by atoms with E-state index in [0.29, 0.717) is 16.6 Å². The Kier molecular flexibility index (Phi) is 6.07. The fourth-order valence-electron chi connectivity index (χ4n) is 4.19. The van der Waals surface area contributed by atoms with Crippen LogP contribution in [0.15, 0.2) is 66.2 Å². The van der Waals surface area contributed by atoms with Crippen LogP contribution in [-0.2, 0) is 9.59 Å². The average Bonchev–Trinajstić information content (AvgIpc) is 3.40. The number of H-pyrrole nitrogens is 1. The molecular formula is C26H19Cl2N3O5. The number of rotatable bonds is 5. The zero-order valence-corrected chi connectivity index (χ0v) is 20.3. The predicted octanol–water partition coefficient (Wildman–Crippen LogP) is 5.60. The first-order chi connectivity index (χ1) is 17.3. The number of Topliss-reactive ketones (excluding diaryl/α,β-unsaturated/α-hetero) is 1. The molecule has 1 atom stereocenters. The number of aromatic hydroxyl groups is 1. The Bertz CT molecular complexity index is 1530. The van der Waals surface area contributed by atoms with E-state index in [4.69, 9.17) is 27.9 Å². The first-order valence-electron chi connectivity index (χ1n) is 11.0. The van der Waals surface area contributed by atoms with Crippen LogP contribution in [0.2, 0.25) is 10.0 Å². The second-order valence-electron chi connectivity index (χ2n) is 8.04. The number of aliphatic hydroxyl groups is 1. The van der Waals surface area contributed by atoms with Crippen LogP contribution in [-0.4, -0.2) is 38.5 Å². The molecule has 1 unspecified atom stereocenters. The summed E-state index contributed by atoms with van der Waals surface area (Å²) in [6.45, 7) is 2.04. The van der Waals surface area contributed by atoms with E-state index in [-0.39, 0.29) is 45.2 Å². The zero-order chi connectivity index (χ0) is 25.6. The van der Waals surface area contributed by atoms with Crippen molar-refractivity contribution in [2.24, 2.45) is 0 Å². The molecule has 1 aliphatic heterocycles. The number of carbonyl (C=O) groups is 2. The van der Waals surface area contributed by atoms with Crippen molar-refractivity contribution < 1.29 is 24.5 Å². The van der Waals surface area contributed by atoms with Gasteiger partial charge in [0.2, 0.25) is 5.95 Å². The lowest BCUT2D eigenvalue weighted by Gasteiger charge is -2.23. The van der Waals surface area contributed by atoms with E-state index in [1.807, 2.05) is 6.07 Å². The van der Waals surface area contributed by atoms with Gasteiger partial charge in [-0.15, -0.1) is 0 Å². The van der Waals surface area contributed by atoms with E-state index >= 15 is 0 Å². The normalized spacial score (nSPS) is 17.2. The number of benzene rings is 3. The highest BCUT2D eigenvalue weighted by atomic mass is 35.5. The molecule has 10 heteroatoms. The van der Waals surface area contributed by atoms with Gasteiger partial charge in [0.15, 0.2) is 11.5 Å². The number of hydrogen-bond acceptors (Lipinski definition) is 6. The summed E-state index contributed by atoms with van der Waals surface area (Å²) in [5, 5.41) is 21.9. The van der Waals surface area contributed by atoms with Gasteiger partial charge in [-0.25, -0.2) is 4.98 Å². The Morgan fingerprint density at radius 1 is 1.08 bits per heavy atom. The molecule has 1 aromatic heterocycles. The minimum absolute atomic E-state index is 0.106. The summed E-state index contributed by atoms with van der Waals surface area (Å²) in [6, 6.07) is 15.0. The number of aliphatic hydroxyl groups excluding tert-OH is 1. The summed E-state index contributed by atoms with van der Waals surface area (Å²) in [5.74, 6) is -2.03. The van der Waals surface area contributed by atoms with Gasteiger partial charge in [-0.3, -0.25) is 14.5 Å². The highest BCUT2D eigenvalue weighted by Gasteiger charge is 2.48. The molecule has 1 fully saturated rings. The minimum atomic E-state index is -1.08. The Labute approximate surface area is 215 Å². The molecule has 3 N–H and O–H groups in total. The average molecular weight is 524 g/mol. The van der Waals surface area contributed by atoms with Crippen LogP contribution in [0.4, 0.5) is 5.95 Å². The second-order valence-corrected chi connectivity index (χ2v) is 8.85. The number of phenols is 1. The Morgan fingerprint density at radius 3 is 2.58 bits per heavy atom. The van der Waals surface area contributed by atoms with Crippen molar-refractivity contribution in [2.45, 2.75) is 13.0 Å². The third-order valence-corrected chi connectivity index (χ3v) is 6.58. The first-order valence-corrected chi connectivity index (χ1v) is 11.7. The number of anilines is 1. The number of carbonyl (C=O) groups excluding carboxylic acids is 2. The van der Waals surface area contributed by atoms with E-state index in [0.717, 1.165) is 0 Å². The monoisotopic (exact) mass is 523 g/mol. The molecule has 1 amide bonds. The number of ketones is 1. The number of nitrogens with zero attached hydrogens (tertiary/aromatic N) is 2. The number of amides is 1. The van der Waals surface area contributed by atoms with Crippen LogP contribution < -0.4 is 9.64 Å². The number of hydrogen-bond donors (Lipinski definition) is 3. The maximum Gasteiger partial charge on any atom is 0.302 e. The predicted molar refractivity (Wildman–Crippen MR) is 137 cm³/mol. The number of ether oxygens (including phenoxy) is 1. The molecule has 3 aromatic carbocycles. The van der Waals surface area contributed by atoms with Gasteiger partial charge >= 0.3 is 5.91 Å².